The van der Waals surface area contributed by atoms with Crippen LogP contribution in [0.2, 0.25) is 0 Å². The number of aliphatic hydroxyl groups is 1. The maximum absolute atomic E-state index is 12.5. The Labute approximate surface area is 137 Å². The van der Waals surface area contributed by atoms with Crippen molar-refractivity contribution in [3.8, 4) is 0 Å². The first-order valence-electron chi connectivity index (χ1n) is 7.64. The first kappa shape index (κ1) is 21.4. The van der Waals surface area contributed by atoms with Crippen molar-refractivity contribution in [3.05, 3.63) is 0 Å². The fourth-order valence-corrected chi connectivity index (χ4v) is 1.84. The second-order valence-corrected chi connectivity index (χ2v) is 7.25. The maximum Gasteiger partial charge on any atom is 0.408 e. The van der Waals surface area contributed by atoms with Gasteiger partial charge in [-0.05, 0) is 40.0 Å². The van der Waals surface area contributed by atoms with E-state index < -0.39 is 41.7 Å². The first-order chi connectivity index (χ1) is 10.2. The van der Waals surface area contributed by atoms with Crippen LogP contribution in [-0.2, 0) is 19.1 Å². The van der Waals surface area contributed by atoms with Crippen molar-refractivity contribution in [2.45, 2.75) is 72.1 Å². The molecule has 0 aromatic carbocycles. The standard InChI is InChI=1S/C16H29NO6/c1-10(2)8-12(17-14(20)23-15(4,5)6)13(19)16(7,21)9-22-11(3)18/h10,12,21H,8-9H2,1-7H3,(H,17,20)/t12-,16-/m0/s1. The van der Waals surface area contributed by atoms with Gasteiger partial charge in [-0.25, -0.2) is 4.79 Å². The molecule has 134 valence electrons. The van der Waals surface area contributed by atoms with Crippen LogP contribution < -0.4 is 5.32 Å². The Kier molecular flexibility index (Phi) is 7.70. The summed E-state index contributed by atoms with van der Waals surface area (Å²) in [6, 6.07) is -0.935. The van der Waals surface area contributed by atoms with Gasteiger partial charge in [0.05, 0.1) is 6.04 Å². The Bertz CT molecular complexity index is 436. The molecule has 0 unspecified atom stereocenters. The SMILES string of the molecule is CC(=O)OC[C@](C)(O)C(=O)[C@H](CC(C)C)NC(=O)OC(C)(C)C. The zero-order valence-corrected chi connectivity index (χ0v) is 15.1. The van der Waals surface area contributed by atoms with Crippen LogP contribution in [0.25, 0.3) is 0 Å². The second kappa shape index (κ2) is 8.29. The lowest BCUT2D eigenvalue weighted by molar-refractivity contribution is -0.155. The molecule has 0 aliphatic rings. The summed E-state index contributed by atoms with van der Waals surface area (Å²) in [5.41, 5.74) is -2.59. The van der Waals surface area contributed by atoms with Crippen molar-refractivity contribution in [3.63, 3.8) is 0 Å². The molecule has 2 atom stereocenters. The smallest absolute Gasteiger partial charge is 0.408 e. The Morgan fingerprint density at radius 1 is 1.13 bits per heavy atom. The Morgan fingerprint density at radius 3 is 2.04 bits per heavy atom. The summed E-state index contributed by atoms with van der Waals surface area (Å²) in [5.74, 6) is -1.12. The van der Waals surface area contributed by atoms with E-state index in [1.54, 1.807) is 20.8 Å². The first-order valence-corrected chi connectivity index (χ1v) is 7.64. The van der Waals surface area contributed by atoms with Crippen LogP contribution in [0.5, 0.6) is 0 Å². The molecular weight excluding hydrogens is 302 g/mol. The van der Waals surface area contributed by atoms with Crippen molar-refractivity contribution in [2.75, 3.05) is 6.61 Å². The van der Waals surface area contributed by atoms with Crippen LogP contribution in [0.1, 0.15) is 54.9 Å². The normalized spacial score (nSPS) is 15.5. The van der Waals surface area contributed by atoms with Crippen molar-refractivity contribution in [2.24, 2.45) is 5.92 Å². The lowest BCUT2D eigenvalue weighted by Crippen LogP contribution is -2.54. The fourth-order valence-electron chi connectivity index (χ4n) is 1.84. The minimum absolute atomic E-state index is 0.100. The molecule has 0 fully saturated rings. The van der Waals surface area contributed by atoms with E-state index in [0.29, 0.717) is 6.42 Å². The van der Waals surface area contributed by atoms with Crippen LogP contribution in [-0.4, -0.2) is 46.8 Å². The van der Waals surface area contributed by atoms with Gasteiger partial charge in [0.25, 0.3) is 0 Å². The number of ether oxygens (including phenoxy) is 2. The highest BCUT2D eigenvalue weighted by Gasteiger charge is 2.38. The summed E-state index contributed by atoms with van der Waals surface area (Å²) >= 11 is 0. The highest BCUT2D eigenvalue weighted by molar-refractivity contribution is 5.94. The molecule has 2 N–H and O–H groups in total. The molecular formula is C16H29NO6. The number of carbonyl (C=O) groups excluding carboxylic acids is 3. The molecule has 0 saturated heterocycles. The van der Waals surface area contributed by atoms with Gasteiger partial charge in [-0.3, -0.25) is 9.59 Å². The summed E-state index contributed by atoms with van der Waals surface area (Å²) in [4.78, 5) is 35.3. The Hall–Kier alpha value is -1.63. The van der Waals surface area contributed by atoms with E-state index in [4.69, 9.17) is 9.47 Å². The van der Waals surface area contributed by atoms with E-state index in [2.05, 4.69) is 5.32 Å². The van der Waals surface area contributed by atoms with E-state index >= 15 is 0 Å². The number of esters is 1. The molecule has 1 amide bonds. The molecule has 0 bridgehead atoms. The molecule has 0 aromatic heterocycles. The van der Waals surface area contributed by atoms with Crippen molar-refractivity contribution in [1.82, 2.24) is 5.32 Å². The van der Waals surface area contributed by atoms with Crippen molar-refractivity contribution < 1.29 is 29.0 Å². The predicted molar refractivity (Wildman–Crippen MR) is 84.9 cm³/mol. The van der Waals surface area contributed by atoms with Crippen molar-refractivity contribution in [1.29, 1.82) is 0 Å². The van der Waals surface area contributed by atoms with Crippen LogP contribution >= 0.6 is 0 Å². The van der Waals surface area contributed by atoms with Gasteiger partial charge in [-0.1, -0.05) is 13.8 Å². The van der Waals surface area contributed by atoms with Crippen LogP contribution in [0.3, 0.4) is 0 Å². The molecule has 7 heteroatoms. The van der Waals surface area contributed by atoms with Gasteiger partial charge in [-0.15, -0.1) is 0 Å². The molecule has 23 heavy (non-hydrogen) atoms. The average molecular weight is 331 g/mol. The summed E-state index contributed by atoms with van der Waals surface area (Å²) in [6.45, 7) is 10.9. The molecule has 0 aliphatic carbocycles. The summed E-state index contributed by atoms with van der Waals surface area (Å²) in [7, 11) is 0. The third kappa shape index (κ3) is 9.18. The van der Waals surface area contributed by atoms with Gasteiger partial charge in [0, 0.05) is 6.92 Å². The lowest BCUT2D eigenvalue weighted by atomic mass is 9.90. The summed E-state index contributed by atoms with van der Waals surface area (Å²) in [6.07, 6.45) is -0.409. The van der Waals surface area contributed by atoms with E-state index in [9.17, 15) is 19.5 Å². The number of alkyl carbamates (subject to hydrolysis) is 1. The largest absolute Gasteiger partial charge is 0.462 e. The number of ketones is 1. The topological polar surface area (TPSA) is 102 Å². The van der Waals surface area contributed by atoms with Crippen LogP contribution in [0.4, 0.5) is 4.79 Å². The number of rotatable bonds is 7. The maximum atomic E-state index is 12.5. The van der Waals surface area contributed by atoms with Crippen LogP contribution in [0, 0.1) is 5.92 Å². The quantitative estimate of drug-likeness (QED) is 0.690. The van der Waals surface area contributed by atoms with E-state index in [1.165, 1.54) is 13.8 Å². The number of amides is 1. The molecule has 0 heterocycles. The molecule has 0 saturated carbocycles. The number of nitrogens with one attached hydrogen (secondary N) is 1. The van der Waals surface area contributed by atoms with Gasteiger partial charge >= 0.3 is 12.1 Å². The van der Waals surface area contributed by atoms with Gasteiger partial charge in [0.15, 0.2) is 11.4 Å². The third-order valence-electron chi connectivity index (χ3n) is 2.80. The molecule has 7 nitrogen and oxygen atoms in total. The molecule has 0 aliphatic heterocycles. The number of carbonyl (C=O) groups is 3. The van der Waals surface area contributed by atoms with Gasteiger partial charge in [0.2, 0.25) is 0 Å². The minimum Gasteiger partial charge on any atom is -0.462 e. The monoisotopic (exact) mass is 331 g/mol. The Balaban J connectivity index is 5.04. The fraction of sp³-hybridized carbons (Fsp3) is 0.812. The highest BCUT2D eigenvalue weighted by Crippen LogP contribution is 2.16. The van der Waals surface area contributed by atoms with E-state index in [-0.39, 0.29) is 5.92 Å². The van der Waals surface area contributed by atoms with Gasteiger partial charge in [-0.2, -0.15) is 0 Å². The van der Waals surface area contributed by atoms with Crippen LogP contribution in [0.15, 0.2) is 0 Å². The van der Waals surface area contributed by atoms with Gasteiger partial charge in [0.1, 0.15) is 12.2 Å². The number of hydrogen-bond acceptors (Lipinski definition) is 6. The molecule has 0 radical (unpaired) electrons. The summed E-state index contributed by atoms with van der Waals surface area (Å²) < 4.78 is 9.86. The minimum atomic E-state index is -1.89. The number of Topliss-reactive ketones (excluding diaryl/α,β-unsaturated/α-hetero) is 1. The predicted octanol–water partition coefficient (Wildman–Crippen LogP) is 1.81. The average Bonchev–Trinajstić information content (AvgIpc) is 2.31. The van der Waals surface area contributed by atoms with E-state index in [1.807, 2.05) is 13.8 Å². The molecule has 0 rings (SSSR count). The molecule has 0 aromatic rings. The zero-order valence-electron chi connectivity index (χ0n) is 15.1. The van der Waals surface area contributed by atoms with E-state index in [0.717, 1.165) is 0 Å². The van der Waals surface area contributed by atoms with Gasteiger partial charge < -0.3 is 19.9 Å². The Morgan fingerprint density at radius 2 is 1.65 bits per heavy atom. The molecule has 0 spiro atoms. The number of hydrogen-bond donors (Lipinski definition) is 2. The third-order valence-corrected chi connectivity index (χ3v) is 2.80. The lowest BCUT2D eigenvalue weighted by Gasteiger charge is -2.29. The second-order valence-electron chi connectivity index (χ2n) is 7.25. The highest BCUT2D eigenvalue weighted by atomic mass is 16.6. The zero-order chi connectivity index (χ0) is 18.4. The summed E-state index contributed by atoms with van der Waals surface area (Å²) in [5, 5.41) is 12.7. The van der Waals surface area contributed by atoms with Crippen molar-refractivity contribution >= 4 is 17.8 Å².